The van der Waals surface area contributed by atoms with Crippen LogP contribution in [0.4, 0.5) is 18.9 Å². The van der Waals surface area contributed by atoms with Crippen molar-refractivity contribution in [1.82, 2.24) is 14.8 Å². The molecule has 1 heterocycles. The molecule has 11 heteroatoms. The van der Waals surface area contributed by atoms with Crippen LogP contribution >= 0.6 is 35.0 Å². The highest BCUT2D eigenvalue weighted by Gasteiger charge is 2.31. The van der Waals surface area contributed by atoms with Crippen LogP contribution < -0.4 is 5.32 Å². The monoisotopic (exact) mass is 536 g/mol. The molecule has 180 valence electrons. The SMILES string of the molecule is O=C(CSc1nnc(Cc2ccccc2)n1-c1ccc(Cl)cc1)Nc1cc(C(F)(F)F)ccc1Cl. The third-order valence-corrected chi connectivity index (χ3v) is 6.40. The van der Waals surface area contributed by atoms with Gasteiger partial charge in [0.05, 0.1) is 22.0 Å². The maximum atomic E-state index is 13.0. The zero-order valence-electron chi connectivity index (χ0n) is 17.9. The second-order valence-corrected chi connectivity index (χ2v) is 9.19. The van der Waals surface area contributed by atoms with Crippen LogP contribution in [0.3, 0.4) is 0 Å². The van der Waals surface area contributed by atoms with Crippen molar-refractivity contribution in [3.63, 3.8) is 0 Å². The summed E-state index contributed by atoms with van der Waals surface area (Å²) in [6, 6.07) is 19.6. The Morgan fingerprint density at radius 3 is 2.37 bits per heavy atom. The Hall–Kier alpha value is -3.01. The number of hydrogen-bond acceptors (Lipinski definition) is 4. The number of rotatable bonds is 7. The number of amides is 1. The van der Waals surface area contributed by atoms with E-state index in [4.69, 9.17) is 23.2 Å². The summed E-state index contributed by atoms with van der Waals surface area (Å²) in [4.78, 5) is 12.5. The number of aromatic nitrogens is 3. The minimum absolute atomic E-state index is 0.00540. The standard InChI is InChI=1S/C24H17Cl2F3N4OS/c25-17-7-9-18(10-8-17)33-21(12-15-4-2-1-3-5-15)31-32-23(33)35-14-22(34)30-20-13-16(24(27,28)29)6-11-19(20)26/h1-11,13H,12,14H2,(H,30,34). The topological polar surface area (TPSA) is 59.8 Å². The molecule has 1 aromatic heterocycles. The van der Waals surface area contributed by atoms with Crippen molar-refractivity contribution in [2.45, 2.75) is 17.8 Å². The molecule has 4 aromatic rings. The first-order valence-corrected chi connectivity index (χ1v) is 12.0. The summed E-state index contributed by atoms with van der Waals surface area (Å²) in [5, 5.41) is 12.0. The van der Waals surface area contributed by atoms with Crippen LogP contribution in [0.1, 0.15) is 17.0 Å². The molecule has 0 aliphatic rings. The van der Waals surface area contributed by atoms with Gasteiger partial charge in [-0.15, -0.1) is 10.2 Å². The van der Waals surface area contributed by atoms with E-state index in [0.29, 0.717) is 22.4 Å². The summed E-state index contributed by atoms with van der Waals surface area (Å²) in [5.41, 5.74) is 0.770. The summed E-state index contributed by atoms with van der Waals surface area (Å²) in [5.74, 6) is -0.00209. The number of halogens is 5. The fourth-order valence-electron chi connectivity index (χ4n) is 3.25. The van der Waals surface area contributed by atoms with Crippen molar-refractivity contribution < 1.29 is 18.0 Å². The van der Waals surface area contributed by atoms with Gasteiger partial charge in [0.25, 0.3) is 0 Å². The number of carbonyl (C=O) groups is 1. The van der Waals surface area contributed by atoms with E-state index in [1.807, 2.05) is 47.0 Å². The molecule has 0 radical (unpaired) electrons. The van der Waals surface area contributed by atoms with Crippen LogP contribution in [0, 0.1) is 0 Å². The van der Waals surface area contributed by atoms with Gasteiger partial charge < -0.3 is 5.32 Å². The van der Waals surface area contributed by atoms with Gasteiger partial charge in [0.2, 0.25) is 5.91 Å². The van der Waals surface area contributed by atoms with Gasteiger partial charge in [0.1, 0.15) is 5.82 Å². The van der Waals surface area contributed by atoms with Gasteiger partial charge in [-0.2, -0.15) is 13.2 Å². The fourth-order valence-corrected chi connectivity index (χ4v) is 4.31. The first-order chi connectivity index (χ1) is 16.7. The summed E-state index contributed by atoms with van der Waals surface area (Å²) >= 11 is 13.1. The smallest absolute Gasteiger partial charge is 0.324 e. The zero-order valence-corrected chi connectivity index (χ0v) is 20.2. The molecule has 1 amide bonds. The lowest BCUT2D eigenvalue weighted by Gasteiger charge is -2.12. The van der Waals surface area contributed by atoms with E-state index in [2.05, 4.69) is 15.5 Å². The Labute approximate surface area is 213 Å². The number of thioether (sulfide) groups is 1. The summed E-state index contributed by atoms with van der Waals surface area (Å²) in [6.45, 7) is 0. The summed E-state index contributed by atoms with van der Waals surface area (Å²) < 4.78 is 40.8. The Balaban J connectivity index is 1.54. The Kier molecular flexibility index (Phi) is 7.69. The van der Waals surface area contributed by atoms with Crippen LogP contribution in [0.2, 0.25) is 10.0 Å². The molecule has 0 spiro atoms. The first-order valence-electron chi connectivity index (χ1n) is 10.2. The first kappa shape index (κ1) is 25.1. The molecule has 4 rings (SSSR count). The highest BCUT2D eigenvalue weighted by Crippen LogP contribution is 2.34. The average Bonchev–Trinajstić information content (AvgIpc) is 3.22. The van der Waals surface area contributed by atoms with Crippen LogP contribution in [0.5, 0.6) is 0 Å². The van der Waals surface area contributed by atoms with Gasteiger partial charge in [-0.3, -0.25) is 9.36 Å². The van der Waals surface area contributed by atoms with E-state index in [1.54, 1.807) is 12.1 Å². The molecule has 35 heavy (non-hydrogen) atoms. The molecule has 0 bridgehead atoms. The predicted molar refractivity (Wildman–Crippen MR) is 131 cm³/mol. The van der Waals surface area contributed by atoms with Gasteiger partial charge >= 0.3 is 6.18 Å². The van der Waals surface area contributed by atoms with Crippen molar-refractivity contribution in [1.29, 1.82) is 0 Å². The zero-order chi connectivity index (χ0) is 25.0. The van der Waals surface area contributed by atoms with Gasteiger partial charge in [-0.1, -0.05) is 65.3 Å². The molecule has 1 N–H and O–H groups in total. The molecule has 3 aromatic carbocycles. The maximum Gasteiger partial charge on any atom is 0.416 e. The van der Waals surface area contributed by atoms with Gasteiger partial charge in [-0.25, -0.2) is 0 Å². The maximum absolute atomic E-state index is 13.0. The van der Waals surface area contributed by atoms with Crippen molar-refractivity contribution in [3.8, 4) is 5.69 Å². The Bertz CT molecular complexity index is 1330. The lowest BCUT2D eigenvalue weighted by atomic mass is 10.1. The molecule has 0 aliphatic heterocycles. The third kappa shape index (κ3) is 6.36. The summed E-state index contributed by atoms with van der Waals surface area (Å²) in [7, 11) is 0. The quantitative estimate of drug-likeness (QED) is 0.260. The second kappa shape index (κ2) is 10.7. The van der Waals surface area contributed by atoms with Crippen molar-refractivity contribution in [2.75, 3.05) is 11.1 Å². The molecule has 0 aliphatic carbocycles. The Morgan fingerprint density at radius 2 is 1.69 bits per heavy atom. The van der Waals surface area contributed by atoms with E-state index in [0.717, 1.165) is 41.2 Å². The largest absolute Gasteiger partial charge is 0.416 e. The minimum Gasteiger partial charge on any atom is -0.324 e. The molecule has 5 nitrogen and oxygen atoms in total. The molecule has 0 saturated carbocycles. The van der Waals surface area contributed by atoms with Crippen molar-refractivity contribution in [3.05, 3.63) is 99.8 Å². The Morgan fingerprint density at radius 1 is 0.971 bits per heavy atom. The molecule has 0 unspecified atom stereocenters. The number of alkyl halides is 3. The van der Waals surface area contributed by atoms with Crippen LogP contribution in [0.25, 0.3) is 5.69 Å². The van der Waals surface area contributed by atoms with Crippen molar-refractivity contribution in [2.24, 2.45) is 0 Å². The highest BCUT2D eigenvalue weighted by atomic mass is 35.5. The van der Waals surface area contributed by atoms with Gasteiger partial charge in [-0.05, 0) is 48.0 Å². The van der Waals surface area contributed by atoms with Gasteiger partial charge in [0.15, 0.2) is 5.16 Å². The number of carbonyl (C=O) groups excluding carboxylic acids is 1. The molecule has 0 saturated heterocycles. The van der Waals surface area contributed by atoms with E-state index >= 15 is 0 Å². The highest BCUT2D eigenvalue weighted by molar-refractivity contribution is 7.99. The number of benzene rings is 3. The summed E-state index contributed by atoms with van der Waals surface area (Å²) in [6.07, 6.45) is -4.05. The van der Waals surface area contributed by atoms with Gasteiger partial charge in [0, 0.05) is 17.1 Å². The third-order valence-electron chi connectivity index (χ3n) is 4.89. The normalized spacial score (nSPS) is 11.5. The molecular formula is C24H17Cl2F3N4OS. The molecule has 0 atom stereocenters. The van der Waals surface area contributed by atoms with Crippen LogP contribution in [0.15, 0.2) is 78.0 Å². The lowest BCUT2D eigenvalue weighted by Crippen LogP contribution is -2.16. The number of hydrogen-bond donors (Lipinski definition) is 1. The fraction of sp³-hybridized carbons (Fsp3) is 0.125. The minimum atomic E-state index is -4.55. The number of nitrogens with zero attached hydrogens (tertiary/aromatic N) is 3. The van der Waals surface area contributed by atoms with Crippen molar-refractivity contribution >= 4 is 46.6 Å². The van der Waals surface area contributed by atoms with E-state index in [9.17, 15) is 18.0 Å². The number of nitrogens with one attached hydrogen (secondary N) is 1. The van der Waals surface area contributed by atoms with Crippen LogP contribution in [-0.4, -0.2) is 26.4 Å². The average molecular weight is 537 g/mol. The number of anilines is 1. The second-order valence-electron chi connectivity index (χ2n) is 7.40. The molecule has 0 fully saturated rings. The predicted octanol–water partition coefficient (Wildman–Crippen LogP) is 6.91. The van der Waals surface area contributed by atoms with E-state index in [1.165, 1.54) is 0 Å². The molecular weight excluding hydrogens is 520 g/mol. The van der Waals surface area contributed by atoms with E-state index < -0.39 is 17.6 Å². The van der Waals surface area contributed by atoms with Crippen LogP contribution in [-0.2, 0) is 17.4 Å². The van der Waals surface area contributed by atoms with E-state index in [-0.39, 0.29) is 16.5 Å². The lowest BCUT2D eigenvalue weighted by molar-refractivity contribution is -0.137.